The summed E-state index contributed by atoms with van der Waals surface area (Å²) in [4.78, 5) is 42.0. The fourth-order valence-electron chi connectivity index (χ4n) is 4.96. The topological polar surface area (TPSA) is 91.7 Å². The maximum atomic E-state index is 13.2. The van der Waals surface area contributed by atoms with Gasteiger partial charge in [-0.1, -0.05) is 29.8 Å². The van der Waals surface area contributed by atoms with Gasteiger partial charge in [0.15, 0.2) is 0 Å². The summed E-state index contributed by atoms with van der Waals surface area (Å²) in [6, 6.07) is 11.9. The summed E-state index contributed by atoms with van der Waals surface area (Å²) in [5.74, 6) is -0.144. The summed E-state index contributed by atoms with van der Waals surface area (Å²) in [5, 5.41) is 6.54. The highest BCUT2D eigenvalue weighted by molar-refractivity contribution is 7.17. The Kier molecular flexibility index (Phi) is 7.23. The zero-order chi connectivity index (χ0) is 25.1. The van der Waals surface area contributed by atoms with Crippen molar-refractivity contribution in [3.8, 4) is 0 Å². The van der Waals surface area contributed by atoms with Crippen molar-refractivity contribution in [2.45, 2.75) is 52.0 Å². The molecule has 188 valence electrons. The number of nitrogens with zero attached hydrogens (tertiary/aromatic N) is 1. The van der Waals surface area contributed by atoms with Crippen molar-refractivity contribution in [1.82, 2.24) is 10.2 Å². The molecule has 1 fully saturated rings. The van der Waals surface area contributed by atoms with E-state index in [1.54, 1.807) is 17.2 Å². The Morgan fingerprint density at radius 2 is 1.94 bits per heavy atom. The lowest BCUT2D eigenvalue weighted by Gasteiger charge is -2.17. The summed E-state index contributed by atoms with van der Waals surface area (Å²) in [6.07, 6.45) is 6.41. The van der Waals surface area contributed by atoms with E-state index in [9.17, 15) is 14.4 Å². The van der Waals surface area contributed by atoms with Gasteiger partial charge in [-0.05, 0) is 62.3 Å². The van der Waals surface area contributed by atoms with Crippen molar-refractivity contribution in [3.63, 3.8) is 0 Å². The summed E-state index contributed by atoms with van der Waals surface area (Å²) in [5.41, 5.74) is 3.99. The van der Waals surface area contributed by atoms with Gasteiger partial charge in [-0.2, -0.15) is 0 Å². The number of anilines is 1. The fourth-order valence-corrected chi connectivity index (χ4v) is 6.25. The predicted octanol–water partition coefficient (Wildman–Crippen LogP) is 4.49. The number of fused-ring (bicyclic) bond motifs is 1. The molecule has 0 spiro atoms. The van der Waals surface area contributed by atoms with Crippen LogP contribution >= 0.6 is 11.3 Å². The highest BCUT2D eigenvalue weighted by atomic mass is 32.1. The Morgan fingerprint density at radius 1 is 1.14 bits per heavy atom. The average Bonchev–Trinajstić information content (AvgIpc) is 3.61. The monoisotopic (exact) mass is 505 g/mol. The minimum Gasteiger partial charge on any atom is -0.467 e. The third-order valence-electron chi connectivity index (χ3n) is 7.01. The number of carbonyl (C=O) groups is 3. The van der Waals surface area contributed by atoms with Crippen LogP contribution in [0.25, 0.3) is 0 Å². The van der Waals surface area contributed by atoms with Crippen LogP contribution in [-0.2, 0) is 35.4 Å². The fraction of sp³-hybridized carbons (Fsp3) is 0.393. The Bertz CT molecular complexity index is 1250. The molecule has 1 saturated heterocycles. The van der Waals surface area contributed by atoms with Crippen LogP contribution in [0.3, 0.4) is 0 Å². The van der Waals surface area contributed by atoms with Crippen molar-refractivity contribution < 1.29 is 18.8 Å². The van der Waals surface area contributed by atoms with Gasteiger partial charge in [0.2, 0.25) is 11.8 Å². The van der Waals surface area contributed by atoms with E-state index in [0.717, 1.165) is 37.7 Å². The minimum absolute atomic E-state index is 0.00384. The standard InChI is InChI=1S/C28H31N3O4S/c1-18-8-10-19(11-9-18)12-13-31-17-20(15-24(31)32)26(33)30-28-25(22-6-2-3-7-23(22)36-28)27(34)29-16-21-5-4-14-35-21/h4-5,8-11,14,20H,2-3,6-7,12-13,15-17H2,1H3,(H,29,34)(H,30,33). The molecule has 3 aromatic rings. The van der Waals surface area contributed by atoms with Crippen LogP contribution in [0.2, 0.25) is 0 Å². The zero-order valence-electron chi connectivity index (χ0n) is 20.5. The normalized spacial score (nSPS) is 17.2. The minimum atomic E-state index is -0.423. The third-order valence-corrected chi connectivity index (χ3v) is 8.22. The van der Waals surface area contributed by atoms with Crippen LogP contribution in [0, 0.1) is 12.8 Å². The molecule has 2 aromatic heterocycles. The molecule has 36 heavy (non-hydrogen) atoms. The molecule has 1 aliphatic carbocycles. The lowest BCUT2D eigenvalue weighted by atomic mass is 9.95. The van der Waals surface area contributed by atoms with E-state index in [1.165, 1.54) is 27.3 Å². The number of rotatable bonds is 8. The first kappa shape index (κ1) is 24.3. The molecule has 5 rings (SSSR count). The number of thiophene rings is 1. The molecule has 1 unspecified atom stereocenters. The smallest absolute Gasteiger partial charge is 0.254 e. The molecule has 0 radical (unpaired) electrons. The molecule has 1 aliphatic heterocycles. The van der Waals surface area contributed by atoms with E-state index in [1.807, 2.05) is 6.07 Å². The van der Waals surface area contributed by atoms with Gasteiger partial charge in [0.1, 0.15) is 10.8 Å². The van der Waals surface area contributed by atoms with Crippen molar-refractivity contribution in [3.05, 3.63) is 75.6 Å². The third kappa shape index (κ3) is 5.38. The molecule has 2 N–H and O–H groups in total. The number of amides is 3. The Labute approximate surface area is 214 Å². The second-order valence-electron chi connectivity index (χ2n) is 9.64. The van der Waals surface area contributed by atoms with E-state index in [2.05, 4.69) is 41.8 Å². The number of carbonyl (C=O) groups excluding carboxylic acids is 3. The van der Waals surface area contributed by atoms with Gasteiger partial charge >= 0.3 is 0 Å². The predicted molar refractivity (Wildman–Crippen MR) is 139 cm³/mol. The molecule has 3 heterocycles. The second kappa shape index (κ2) is 10.7. The summed E-state index contributed by atoms with van der Waals surface area (Å²) in [7, 11) is 0. The van der Waals surface area contributed by atoms with Gasteiger partial charge in [0.25, 0.3) is 5.91 Å². The van der Waals surface area contributed by atoms with Gasteiger partial charge in [-0.3, -0.25) is 14.4 Å². The molecule has 0 bridgehead atoms. The van der Waals surface area contributed by atoms with Crippen LogP contribution < -0.4 is 10.6 Å². The summed E-state index contributed by atoms with van der Waals surface area (Å²) >= 11 is 1.50. The number of benzene rings is 1. The van der Waals surface area contributed by atoms with Crippen molar-refractivity contribution in [1.29, 1.82) is 0 Å². The summed E-state index contributed by atoms with van der Waals surface area (Å²) in [6.45, 7) is 3.34. The van der Waals surface area contributed by atoms with Gasteiger partial charge < -0.3 is 20.0 Å². The van der Waals surface area contributed by atoms with E-state index >= 15 is 0 Å². The lowest BCUT2D eigenvalue weighted by molar-refractivity contribution is -0.128. The number of aryl methyl sites for hydroxylation is 2. The quantitative estimate of drug-likeness (QED) is 0.472. The van der Waals surface area contributed by atoms with Crippen LogP contribution in [0.15, 0.2) is 47.1 Å². The summed E-state index contributed by atoms with van der Waals surface area (Å²) < 4.78 is 5.33. The first-order valence-electron chi connectivity index (χ1n) is 12.6. The molecular formula is C28H31N3O4S. The SMILES string of the molecule is Cc1ccc(CCN2CC(C(=O)Nc3sc4c(c3C(=O)NCc3ccco3)CCCC4)CC2=O)cc1. The van der Waals surface area contributed by atoms with Gasteiger partial charge in [-0.15, -0.1) is 11.3 Å². The van der Waals surface area contributed by atoms with Gasteiger partial charge in [0.05, 0.1) is 24.3 Å². The lowest BCUT2D eigenvalue weighted by Crippen LogP contribution is -2.30. The van der Waals surface area contributed by atoms with Crippen LogP contribution in [0.4, 0.5) is 5.00 Å². The Balaban J connectivity index is 1.25. The molecule has 1 atom stereocenters. The largest absolute Gasteiger partial charge is 0.467 e. The van der Waals surface area contributed by atoms with Gasteiger partial charge in [0, 0.05) is 24.4 Å². The van der Waals surface area contributed by atoms with Crippen LogP contribution in [0.5, 0.6) is 0 Å². The first-order valence-corrected chi connectivity index (χ1v) is 13.4. The van der Waals surface area contributed by atoms with Crippen LogP contribution in [-0.4, -0.2) is 35.7 Å². The highest BCUT2D eigenvalue weighted by Crippen LogP contribution is 2.38. The molecule has 1 aromatic carbocycles. The van der Waals surface area contributed by atoms with Crippen molar-refractivity contribution in [2.24, 2.45) is 5.92 Å². The van der Waals surface area contributed by atoms with E-state index in [0.29, 0.717) is 29.4 Å². The second-order valence-corrected chi connectivity index (χ2v) is 10.7. The molecule has 2 aliphatic rings. The average molecular weight is 506 g/mol. The Hall–Kier alpha value is -3.39. The molecular weight excluding hydrogens is 474 g/mol. The molecule has 8 heteroatoms. The number of hydrogen-bond donors (Lipinski definition) is 2. The van der Waals surface area contributed by atoms with E-state index in [-0.39, 0.29) is 30.7 Å². The maximum Gasteiger partial charge on any atom is 0.254 e. The van der Waals surface area contributed by atoms with E-state index < -0.39 is 5.92 Å². The van der Waals surface area contributed by atoms with Gasteiger partial charge in [-0.25, -0.2) is 0 Å². The Morgan fingerprint density at radius 3 is 2.72 bits per heavy atom. The molecule has 7 nitrogen and oxygen atoms in total. The van der Waals surface area contributed by atoms with Crippen LogP contribution in [0.1, 0.15) is 56.9 Å². The molecule has 3 amide bonds. The first-order chi connectivity index (χ1) is 17.5. The highest BCUT2D eigenvalue weighted by Gasteiger charge is 2.35. The van der Waals surface area contributed by atoms with Crippen molar-refractivity contribution in [2.75, 3.05) is 18.4 Å². The van der Waals surface area contributed by atoms with Crippen molar-refractivity contribution >= 4 is 34.1 Å². The molecule has 0 saturated carbocycles. The number of nitrogens with one attached hydrogen (secondary N) is 2. The number of hydrogen-bond acceptors (Lipinski definition) is 5. The number of furan rings is 1. The maximum absolute atomic E-state index is 13.2. The zero-order valence-corrected chi connectivity index (χ0v) is 21.3. The number of likely N-dealkylation sites (tertiary alicyclic amines) is 1. The van der Waals surface area contributed by atoms with E-state index in [4.69, 9.17) is 4.42 Å².